The Bertz CT molecular complexity index is 729. The van der Waals surface area contributed by atoms with Gasteiger partial charge >= 0.3 is 0 Å². The van der Waals surface area contributed by atoms with Crippen molar-refractivity contribution >= 4 is 30.5 Å². The van der Waals surface area contributed by atoms with Gasteiger partial charge in [0.1, 0.15) is 12.4 Å². The second-order valence-electron chi connectivity index (χ2n) is 3.54. The Hall–Kier alpha value is -1.70. The molecule has 3 nitrogen and oxygen atoms in total. The minimum atomic E-state index is -3.79. The molecule has 0 fully saturated rings. The van der Waals surface area contributed by atoms with Gasteiger partial charge < -0.3 is 4.74 Å². The maximum absolute atomic E-state index is 11.5. The Morgan fingerprint density at radius 2 is 1.83 bits per heavy atom. The van der Waals surface area contributed by atoms with Gasteiger partial charge in [-0.25, -0.2) is 8.42 Å². The van der Waals surface area contributed by atoms with Crippen LogP contribution < -0.4 is 4.74 Å². The van der Waals surface area contributed by atoms with Crippen LogP contribution in [0.2, 0.25) is 0 Å². The van der Waals surface area contributed by atoms with Crippen molar-refractivity contribution in [2.75, 3.05) is 6.61 Å². The van der Waals surface area contributed by atoms with Gasteiger partial charge in [0.2, 0.25) is 0 Å². The van der Waals surface area contributed by atoms with E-state index < -0.39 is 9.05 Å². The zero-order valence-corrected chi connectivity index (χ0v) is 10.8. The molecule has 0 aromatic heterocycles. The lowest BCUT2D eigenvalue weighted by molar-refractivity contribution is 0.374. The second kappa shape index (κ2) is 4.89. The lowest BCUT2D eigenvalue weighted by atomic mass is 10.1. The molecular weight excluding hydrogens is 272 g/mol. The van der Waals surface area contributed by atoms with Gasteiger partial charge in [-0.2, -0.15) is 0 Å². The Kier molecular flexibility index (Phi) is 3.46. The summed E-state index contributed by atoms with van der Waals surface area (Å²) in [5.41, 5.74) is 0. The van der Waals surface area contributed by atoms with Crippen molar-refractivity contribution in [2.45, 2.75) is 4.90 Å². The van der Waals surface area contributed by atoms with E-state index in [1.54, 1.807) is 30.3 Å². The summed E-state index contributed by atoms with van der Waals surface area (Å²) in [6.45, 7) is 0.122. The zero-order valence-electron chi connectivity index (χ0n) is 9.26. The molecule has 2 aromatic rings. The average Bonchev–Trinajstić information content (AvgIpc) is 2.34. The van der Waals surface area contributed by atoms with Gasteiger partial charge in [-0.15, -0.1) is 6.42 Å². The molecule has 0 unspecified atom stereocenters. The average molecular weight is 281 g/mol. The molecule has 2 aromatic carbocycles. The number of hydrogen-bond acceptors (Lipinski definition) is 3. The molecule has 0 amide bonds. The van der Waals surface area contributed by atoms with Crippen LogP contribution >= 0.6 is 10.7 Å². The van der Waals surface area contributed by atoms with E-state index in [1.807, 2.05) is 0 Å². The van der Waals surface area contributed by atoms with Crippen LogP contribution in [0.15, 0.2) is 41.3 Å². The van der Waals surface area contributed by atoms with Gasteiger partial charge in [0.25, 0.3) is 9.05 Å². The van der Waals surface area contributed by atoms with E-state index in [0.717, 1.165) is 0 Å². The third kappa shape index (κ3) is 2.42. The van der Waals surface area contributed by atoms with Crippen molar-refractivity contribution in [3.63, 3.8) is 0 Å². The highest BCUT2D eigenvalue weighted by Crippen LogP contribution is 2.32. The molecule has 0 saturated heterocycles. The molecule has 0 spiro atoms. The molecule has 0 saturated carbocycles. The second-order valence-corrected chi connectivity index (χ2v) is 6.07. The van der Waals surface area contributed by atoms with E-state index in [1.165, 1.54) is 6.07 Å². The Morgan fingerprint density at radius 1 is 1.17 bits per heavy atom. The number of halogens is 1. The van der Waals surface area contributed by atoms with Gasteiger partial charge in [0.05, 0.1) is 4.90 Å². The fourth-order valence-corrected chi connectivity index (χ4v) is 2.78. The standard InChI is InChI=1S/C13H9ClO3S/c1-2-9-17-12-7-8-13(18(14,15)16)11-6-4-3-5-10(11)12/h1,3-8H,9H2. The molecule has 92 valence electrons. The van der Waals surface area contributed by atoms with Crippen molar-refractivity contribution in [1.82, 2.24) is 0 Å². The minimum absolute atomic E-state index is 0.0628. The highest BCUT2D eigenvalue weighted by atomic mass is 35.7. The van der Waals surface area contributed by atoms with Crippen molar-refractivity contribution in [2.24, 2.45) is 0 Å². The van der Waals surface area contributed by atoms with Crippen LogP contribution in [0.5, 0.6) is 5.75 Å². The number of benzene rings is 2. The van der Waals surface area contributed by atoms with Gasteiger partial charge in [-0.3, -0.25) is 0 Å². The normalized spacial score (nSPS) is 11.1. The summed E-state index contributed by atoms with van der Waals surface area (Å²) in [5.74, 6) is 2.89. The van der Waals surface area contributed by atoms with Gasteiger partial charge in [-0.1, -0.05) is 30.2 Å². The molecule has 0 bridgehead atoms. The Labute approximate surface area is 110 Å². The first-order chi connectivity index (χ1) is 8.54. The SMILES string of the molecule is C#CCOc1ccc(S(=O)(=O)Cl)c2ccccc12. The van der Waals surface area contributed by atoms with Crippen molar-refractivity contribution in [1.29, 1.82) is 0 Å². The molecule has 0 aliphatic heterocycles. The maximum Gasteiger partial charge on any atom is 0.261 e. The van der Waals surface area contributed by atoms with Crippen molar-refractivity contribution in [3.05, 3.63) is 36.4 Å². The number of rotatable bonds is 3. The van der Waals surface area contributed by atoms with E-state index in [-0.39, 0.29) is 11.5 Å². The molecule has 0 aliphatic carbocycles. The minimum Gasteiger partial charge on any atom is -0.480 e. The predicted octanol–water partition coefficient (Wildman–Crippen LogP) is 2.78. The fraction of sp³-hybridized carbons (Fsp3) is 0.0769. The van der Waals surface area contributed by atoms with E-state index >= 15 is 0 Å². The van der Waals surface area contributed by atoms with E-state index in [0.29, 0.717) is 16.5 Å². The molecule has 0 radical (unpaired) electrons. The van der Waals surface area contributed by atoms with Crippen molar-refractivity contribution < 1.29 is 13.2 Å². The lowest BCUT2D eigenvalue weighted by Crippen LogP contribution is -1.97. The lowest BCUT2D eigenvalue weighted by Gasteiger charge is -2.09. The summed E-state index contributed by atoms with van der Waals surface area (Å²) in [6, 6.07) is 9.92. The first kappa shape index (κ1) is 12.7. The predicted molar refractivity (Wildman–Crippen MR) is 71.3 cm³/mol. The number of terminal acetylenes is 1. The fourth-order valence-electron chi connectivity index (χ4n) is 1.70. The van der Waals surface area contributed by atoms with Gasteiger partial charge in [0.15, 0.2) is 0 Å². The maximum atomic E-state index is 11.5. The highest BCUT2D eigenvalue weighted by molar-refractivity contribution is 8.14. The third-order valence-electron chi connectivity index (χ3n) is 2.42. The molecule has 18 heavy (non-hydrogen) atoms. The highest BCUT2D eigenvalue weighted by Gasteiger charge is 2.16. The van der Waals surface area contributed by atoms with Crippen LogP contribution in [-0.2, 0) is 9.05 Å². The van der Waals surface area contributed by atoms with Crippen molar-refractivity contribution in [3.8, 4) is 18.1 Å². The number of fused-ring (bicyclic) bond motifs is 1. The van der Waals surface area contributed by atoms with Crippen LogP contribution in [0.3, 0.4) is 0 Å². The van der Waals surface area contributed by atoms with E-state index in [2.05, 4.69) is 5.92 Å². The zero-order chi connectivity index (χ0) is 13.2. The third-order valence-corrected chi connectivity index (χ3v) is 3.80. The van der Waals surface area contributed by atoms with Crippen LogP contribution in [-0.4, -0.2) is 15.0 Å². The van der Waals surface area contributed by atoms with E-state index in [9.17, 15) is 8.42 Å². The van der Waals surface area contributed by atoms with Crippen LogP contribution in [0.1, 0.15) is 0 Å². The molecule has 0 aliphatic rings. The van der Waals surface area contributed by atoms with E-state index in [4.69, 9.17) is 21.8 Å². The van der Waals surface area contributed by atoms with Crippen LogP contribution in [0.25, 0.3) is 10.8 Å². The first-order valence-corrected chi connectivity index (χ1v) is 7.37. The smallest absolute Gasteiger partial charge is 0.261 e. The molecule has 5 heteroatoms. The largest absolute Gasteiger partial charge is 0.480 e. The van der Waals surface area contributed by atoms with Gasteiger partial charge in [0, 0.05) is 21.5 Å². The molecular formula is C13H9ClO3S. The number of ether oxygens (including phenoxy) is 1. The van der Waals surface area contributed by atoms with Crippen LogP contribution in [0.4, 0.5) is 0 Å². The molecule has 0 heterocycles. The topological polar surface area (TPSA) is 43.4 Å². The summed E-state index contributed by atoms with van der Waals surface area (Å²) < 4.78 is 28.3. The van der Waals surface area contributed by atoms with Crippen LogP contribution in [0, 0.1) is 12.3 Å². The summed E-state index contributed by atoms with van der Waals surface area (Å²) in [4.78, 5) is 0.0628. The Morgan fingerprint density at radius 3 is 2.44 bits per heavy atom. The first-order valence-electron chi connectivity index (χ1n) is 5.06. The molecule has 0 atom stereocenters. The molecule has 0 N–H and O–H groups in total. The molecule has 2 rings (SSSR count). The monoisotopic (exact) mass is 280 g/mol. The number of hydrogen-bond donors (Lipinski definition) is 0. The Balaban J connectivity index is 2.71. The summed E-state index contributed by atoms with van der Waals surface area (Å²) in [7, 11) is 1.60. The quantitative estimate of drug-likeness (QED) is 0.641. The summed E-state index contributed by atoms with van der Waals surface area (Å²) in [6.07, 6.45) is 5.13. The summed E-state index contributed by atoms with van der Waals surface area (Å²) in [5, 5.41) is 1.18. The van der Waals surface area contributed by atoms with Gasteiger partial charge in [-0.05, 0) is 12.1 Å². The summed E-state index contributed by atoms with van der Waals surface area (Å²) >= 11 is 0.